The Hall–Kier alpha value is -2.02. The number of hydrogen-bond donors (Lipinski definition) is 1. The Balaban J connectivity index is 1.44. The molecule has 2 aliphatic rings. The lowest BCUT2D eigenvalue weighted by Gasteiger charge is -2.52. The van der Waals surface area contributed by atoms with Crippen molar-refractivity contribution in [1.29, 1.82) is 0 Å². The second-order valence-electron chi connectivity index (χ2n) is 8.11. The first-order chi connectivity index (χ1) is 13.6. The van der Waals surface area contributed by atoms with E-state index in [-0.39, 0.29) is 11.5 Å². The molecule has 3 atom stereocenters. The van der Waals surface area contributed by atoms with E-state index in [1.807, 2.05) is 23.6 Å². The quantitative estimate of drug-likeness (QED) is 0.738. The van der Waals surface area contributed by atoms with Crippen molar-refractivity contribution in [2.24, 2.45) is 5.92 Å². The van der Waals surface area contributed by atoms with Gasteiger partial charge in [-0.3, -0.25) is 14.1 Å². The molecule has 5 nitrogen and oxygen atoms in total. The van der Waals surface area contributed by atoms with Crippen LogP contribution < -0.4 is 5.56 Å². The number of likely N-dealkylation sites (tertiary alicyclic amines) is 1. The van der Waals surface area contributed by atoms with Crippen molar-refractivity contribution < 1.29 is 5.11 Å². The van der Waals surface area contributed by atoms with Gasteiger partial charge < -0.3 is 5.11 Å². The molecule has 1 N–H and O–H groups in total. The van der Waals surface area contributed by atoms with Crippen molar-refractivity contribution in [3.05, 3.63) is 69.6 Å². The maximum Gasteiger partial charge on any atom is 0.258 e. The highest BCUT2D eigenvalue weighted by molar-refractivity contribution is 7.15. The predicted molar refractivity (Wildman–Crippen MR) is 110 cm³/mol. The molecule has 0 radical (unpaired) electrons. The summed E-state index contributed by atoms with van der Waals surface area (Å²) in [6.07, 6.45) is 7.01. The summed E-state index contributed by atoms with van der Waals surface area (Å²) >= 11 is 1.49. The van der Waals surface area contributed by atoms with Crippen LogP contribution in [0.2, 0.25) is 0 Å². The van der Waals surface area contributed by atoms with Crippen LogP contribution in [0.1, 0.15) is 43.4 Å². The smallest absolute Gasteiger partial charge is 0.258 e. The first-order valence-corrected chi connectivity index (χ1v) is 11.0. The number of hydrogen-bond acceptors (Lipinski definition) is 5. The predicted octanol–water partition coefficient (Wildman–Crippen LogP) is 3.41. The van der Waals surface area contributed by atoms with Crippen LogP contribution >= 0.6 is 11.3 Å². The van der Waals surface area contributed by atoms with Gasteiger partial charge in [0.1, 0.15) is 0 Å². The lowest BCUT2D eigenvalue weighted by atomic mass is 9.66. The molecular formula is C22H25N3O2S. The second kappa shape index (κ2) is 7.10. The maximum atomic E-state index is 12.3. The highest BCUT2D eigenvalue weighted by Crippen LogP contribution is 2.47. The van der Waals surface area contributed by atoms with E-state index in [0.717, 1.165) is 42.0 Å². The third-order valence-electron chi connectivity index (χ3n) is 6.59. The van der Waals surface area contributed by atoms with Gasteiger partial charge in [-0.2, -0.15) is 0 Å². The lowest BCUT2D eigenvalue weighted by Crippen LogP contribution is -2.57. The molecule has 0 spiro atoms. The van der Waals surface area contributed by atoms with Gasteiger partial charge in [-0.15, -0.1) is 11.3 Å². The van der Waals surface area contributed by atoms with Crippen molar-refractivity contribution in [3.8, 4) is 0 Å². The molecule has 6 heteroatoms. The Morgan fingerprint density at radius 3 is 2.89 bits per heavy atom. The van der Waals surface area contributed by atoms with Gasteiger partial charge >= 0.3 is 0 Å². The number of fused-ring (bicyclic) bond motifs is 2. The van der Waals surface area contributed by atoms with Gasteiger partial charge in [0.05, 0.1) is 11.3 Å². The van der Waals surface area contributed by atoms with Gasteiger partial charge in [-0.1, -0.05) is 43.2 Å². The van der Waals surface area contributed by atoms with Gasteiger partial charge in [-0.25, -0.2) is 4.98 Å². The summed E-state index contributed by atoms with van der Waals surface area (Å²) in [6, 6.07) is 12.2. The van der Waals surface area contributed by atoms with E-state index in [4.69, 9.17) is 4.98 Å². The minimum atomic E-state index is -0.756. The first-order valence-electron chi connectivity index (χ1n) is 10.1. The van der Waals surface area contributed by atoms with Gasteiger partial charge in [-0.05, 0) is 24.8 Å². The first kappa shape index (κ1) is 18.0. The van der Waals surface area contributed by atoms with E-state index in [9.17, 15) is 9.90 Å². The molecule has 1 aliphatic heterocycles. The topological polar surface area (TPSA) is 57.8 Å². The molecule has 2 aromatic heterocycles. The van der Waals surface area contributed by atoms with Crippen LogP contribution in [-0.4, -0.2) is 32.0 Å². The number of aromatic nitrogens is 2. The number of nitrogens with zero attached hydrogens (tertiary/aromatic N) is 3. The highest BCUT2D eigenvalue weighted by atomic mass is 32.1. The summed E-state index contributed by atoms with van der Waals surface area (Å²) in [5, 5.41) is 13.6. The van der Waals surface area contributed by atoms with E-state index in [1.54, 1.807) is 16.7 Å². The van der Waals surface area contributed by atoms with Gasteiger partial charge in [0.2, 0.25) is 0 Å². The molecule has 3 heterocycles. The third kappa shape index (κ3) is 3.00. The molecule has 2 fully saturated rings. The minimum absolute atomic E-state index is 0.0146. The SMILES string of the molecule is O=c1cc(CN2CC[C@@](O)(c3ccccc3)[C@H]3CCCC[C@H]32)nc2sccn12. The minimum Gasteiger partial charge on any atom is -0.385 e. The van der Waals surface area contributed by atoms with Crippen LogP contribution in [-0.2, 0) is 12.1 Å². The summed E-state index contributed by atoms with van der Waals surface area (Å²) in [5.74, 6) is 0.226. The number of benzene rings is 1. The van der Waals surface area contributed by atoms with E-state index in [1.165, 1.54) is 24.2 Å². The average Bonchev–Trinajstić information content (AvgIpc) is 3.20. The Kier molecular flexibility index (Phi) is 4.57. The van der Waals surface area contributed by atoms with Crippen molar-refractivity contribution >= 4 is 16.3 Å². The van der Waals surface area contributed by atoms with Crippen molar-refractivity contribution in [2.75, 3.05) is 6.54 Å². The van der Waals surface area contributed by atoms with Crippen molar-refractivity contribution in [3.63, 3.8) is 0 Å². The standard InChI is InChI=1S/C22H25N3O2S/c26-20-14-17(23-21-25(20)12-13-28-21)15-24-11-10-22(27,16-6-2-1-3-7-16)18-8-4-5-9-19(18)24/h1-3,6-7,12-14,18-19,27H,4-5,8-11,15H2/t18-,19+,22+/m0/s1. The van der Waals surface area contributed by atoms with Crippen LogP contribution in [0.4, 0.5) is 0 Å². The Morgan fingerprint density at radius 1 is 1.21 bits per heavy atom. The third-order valence-corrected chi connectivity index (χ3v) is 7.34. The fourth-order valence-corrected chi connectivity index (χ4v) is 5.97. The Labute approximate surface area is 168 Å². The number of rotatable bonds is 3. The van der Waals surface area contributed by atoms with Crippen LogP contribution in [0.15, 0.2) is 52.8 Å². The van der Waals surface area contributed by atoms with E-state index < -0.39 is 5.60 Å². The molecule has 146 valence electrons. The van der Waals surface area contributed by atoms with Crippen molar-refractivity contribution in [1.82, 2.24) is 14.3 Å². The zero-order chi connectivity index (χ0) is 19.1. The molecule has 1 saturated heterocycles. The zero-order valence-electron chi connectivity index (χ0n) is 15.8. The van der Waals surface area contributed by atoms with Crippen LogP contribution in [0.5, 0.6) is 0 Å². The molecule has 1 aliphatic carbocycles. The monoisotopic (exact) mass is 395 g/mol. The lowest BCUT2D eigenvalue weighted by molar-refractivity contribution is -0.123. The van der Waals surface area contributed by atoms with E-state index >= 15 is 0 Å². The van der Waals surface area contributed by atoms with Gasteiger partial charge in [0.25, 0.3) is 5.56 Å². The molecule has 0 bridgehead atoms. The second-order valence-corrected chi connectivity index (χ2v) is 8.98. The van der Waals surface area contributed by atoms with E-state index in [0.29, 0.717) is 12.6 Å². The molecule has 1 aromatic carbocycles. The summed E-state index contributed by atoms with van der Waals surface area (Å²) < 4.78 is 1.60. The number of piperidine rings is 1. The van der Waals surface area contributed by atoms with Gasteiger partial charge in [0.15, 0.2) is 4.96 Å². The summed E-state index contributed by atoms with van der Waals surface area (Å²) in [4.78, 5) is 20.2. The maximum absolute atomic E-state index is 12.3. The highest BCUT2D eigenvalue weighted by Gasteiger charge is 2.48. The molecule has 3 aromatic rings. The molecule has 0 unspecified atom stereocenters. The van der Waals surface area contributed by atoms with Crippen LogP contribution in [0.3, 0.4) is 0 Å². The van der Waals surface area contributed by atoms with Crippen LogP contribution in [0, 0.1) is 5.92 Å². The summed E-state index contributed by atoms with van der Waals surface area (Å²) in [5.41, 5.74) is 1.11. The zero-order valence-corrected chi connectivity index (χ0v) is 16.6. The number of thiazole rings is 1. The Morgan fingerprint density at radius 2 is 2.04 bits per heavy atom. The van der Waals surface area contributed by atoms with E-state index in [2.05, 4.69) is 17.0 Å². The molecule has 1 saturated carbocycles. The summed E-state index contributed by atoms with van der Waals surface area (Å²) in [6.45, 7) is 1.49. The largest absolute Gasteiger partial charge is 0.385 e. The number of aliphatic hydroxyl groups is 1. The summed E-state index contributed by atoms with van der Waals surface area (Å²) in [7, 11) is 0. The Bertz CT molecular complexity index is 1030. The molecule has 0 amide bonds. The van der Waals surface area contributed by atoms with Crippen molar-refractivity contribution in [2.45, 2.75) is 50.3 Å². The normalized spacial score (nSPS) is 28.3. The fraction of sp³-hybridized carbons (Fsp3) is 0.455. The van der Waals surface area contributed by atoms with Gasteiger partial charge in [0, 0.05) is 42.7 Å². The average molecular weight is 396 g/mol. The molecular weight excluding hydrogens is 370 g/mol. The van der Waals surface area contributed by atoms with Crippen LogP contribution in [0.25, 0.3) is 4.96 Å². The fourth-order valence-electron chi connectivity index (χ4n) is 5.23. The molecule has 28 heavy (non-hydrogen) atoms. The molecule has 5 rings (SSSR count).